The number of aliphatic hydroxyl groups is 2. The van der Waals surface area contributed by atoms with Gasteiger partial charge in [0, 0.05) is 0 Å². The molecule has 2 N–H and O–H groups in total. The van der Waals surface area contributed by atoms with Crippen LogP contribution in [0.3, 0.4) is 0 Å². The van der Waals surface area contributed by atoms with Crippen LogP contribution in [0.15, 0.2) is 35.5 Å². The summed E-state index contributed by atoms with van der Waals surface area (Å²) in [6.45, 7) is 13.3. The van der Waals surface area contributed by atoms with Crippen LogP contribution < -0.4 is 0 Å². The second-order valence-electron chi connectivity index (χ2n) is 11.3. The van der Waals surface area contributed by atoms with E-state index in [1.165, 1.54) is 44.1 Å². The van der Waals surface area contributed by atoms with Crippen molar-refractivity contribution in [3.8, 4) is 0 Å². The van der Waals surface area contributed by atoms with E-state index in [-0.39, 0.29) is 6.10 Å². The minimum atomic E-state index is -0.449. The molecule has 3 saturated carbocycles. The summed E-state index contributed by atoms with van der Waals surface area (Å²) in [5.41, 5.74) is 4.05. The van der Waals surface area contributed by atoms with Gasteiger partial charge in [-0.05, 0) is 99.4 Å². The third-order valence-corrected chi connectivity index (χ3v) is 9.57. The largest absolute Gasteiger partial charge is 0.390 e. The van der Waals surface area contributed by atoms with Crippen LogP contribution in [0, 0.1) is 23.2 Å². The Morgan fingerprint density at radius 3 is 2.58 bits per heavy atom. The zero-order valence-corrected chi connectivity index (χ0v) is 20.8. The molecular formula is C29H48O2. The summed E-state index contributed by atoms with van der Waals surface area (Å²) in [5.74, 6) is 2.28. The van der Waals surface area contributed by atoms with Gasteiger partial charge in [0.2, 0.25) is 0 Å². The number of aliphatic hydroxyl groups excluding tert-OH is 1. The van der Waals surface area contributed by atoms with E-state index in [4.69, 9.17) is 0 Å². The first-order valence-corrected chi connectivity index (χ1v) is 13.2. The van der Waals surface area contributed by atoms with Gasteiger partial charge < -0.3 is 10.2 Å². The van der Waals surface area contributed by atoms with E-state index < -0.39 is 5.60 Å². The Kier molecular flexibility index (Phi) is 8.30. The maximum absolute atomic E-state index is 10.6. The molecule has 5 unspecified atom stereocenters. The van der Waals surface area contributed by atoms with Gasteiger partial charge in [-0.3, -0.25) is 0 Å². The molecule has 2 heteroatoms. The first-order valence-electron chi connectivity index (χ1n) is 13.2. The van der Waals surface area contributed by atoms with Gasteiger partial charge in [-0.15, -0.1) is 0 Å². The van der Waals surface area contributed by atoms with Crippen molar-refractivity contribution in [3.05, 3.63) is 35.5 Å². The van der Waals surface area contributed by atoms with Crippen molar-refractivity contribution in [2.75, 3.05) is 0 Å². The van der Waals surface area contributed by atoms with E-state index in [1.54, 1.807) is 5.57 Å². The van der Waals surface area contributed by atoms with Crippen molar-refractivity contribution in [2.24, 2.45) is 23.2 Å². The van der Waals surface area contributed by atoms with Crippen molar-refractivity contribution in [3.63, 3.8) is 0 Å². The lowest BCUT2D eigenvalue weighted by atomic mass is 9.60. The molecule has 0 amide bonds. The fourth-order valence-electron chi connectivity index (χ4n) is 7.13. The summed E-state index contributed by atoms with van der Waals surface area (Å²) in [5, 5.41) is 20.8. The lowest BCUT2D eigenvalue weighted by Crippen LogP contribution is -2.36. The zero-order chi connectivity index (χ0) is 22.6. The number of allylic oxidation sites excluding steroid dienone is 3. The molecule has 3 rings (SSSR count). The average molecular weight is 429 g/mol. The van der Waals surface area contributed by atoms with E-state index in [0.29, 0.717) is 5.41 Å². The van der Waals surface area contributed by atoms with Gasteiger partial charge in [-0.2, -0.15) is 0 Å². The highest BCUT2D eigenvalue weighted by Gasteiger charge is 2.50. The standard InChI is InChI=1S/C29H48O2/c1-6-29(31,7-2)19-8-10-21(3)25-16-17-26-24(11-9-18-28(25,26)5)15-14-23-13-12-22(4)27(30)20-23/h14-15,21,25-27,30-31H,4,6-13,16-20H2,1-3,5H3/b23-14-,24-15+. The highest BCUT2D eigenvalue weighted by atomic mass is 16.3. The first kappa shape index (κ1) is 24.8. The van der Waals surface area contributed by atoms with Gasteiger partial charge >= 0.3 is 0 Å². The van der Waals surface area contributed by atoms with Crippen LogP contribution in [0.1, 0.15) is 111 Å². The molecule has 3 aliphatic carbocycles. The molecule has 31 heavy (non-hydrogen) atoms. The summed E-state index contributed by atoms with van der Waals surface area (Å²) in [4.78, 5) is 0. The molecule has 3 fully saturated rings. The maximum atomic E-state index is 10.6. The average Bonchev–Trinajstić information content (AvgIpc) is 3.12. The van der Waals surface area contributed by atoms with Crippen LogP contribution in [0.5, 0.6) is 0 Å². The molecule has 0 heterocycles. The molecule has 0 aromatic rings. The Morgan fingerprint density at radius 1 is 1.16 bits per heavy atom. The summed E-state index contributed by atoms with van der Waals surface area (Å²) < 4.78 is 0. The van der Waals surface area contributed by atoms with Crippen LogP contribution in [0.25, 0.3) is 0 Å². The smallest absolute Gasteiger partial charge is 0.0784 e. The van der Waals surface area contributed by atoms with Gasteiger partial charge in [-0.1, -0.05) is 70.4 Å². The first-order chi connectivity index (χ1) is 14.7. The fourth-order valence-corrected chi connectivity index (χ4v) is 7.13. The molecule has 3 aliphatic rings. The molecule has 176 valence electrons. The van der Waals surface area contributed by atoms with E-state index in [9.17, 15) is 10.2 Å². The van der Waals surface area contributed by atoms with Crippen molar-refractivity contribution in [1.29, 1.82) is 0 Å². The monoisotopic (exact) mass is 428 g/mol. The van der Waals surface area contributed by atoms with Gasteiger partial charge in [0.1, 0.15) is 0 Å². The van der Waals surface area contributed by atoms with E-state index >= 15 is 0 Å². The summed E-state index contributed by atoms with van der Waals surface area (Å²) >= 11 is 0. The lowest BCUT2D eigenvalue weighted by Gasteiger charge is -2.44. The van der Waals surface area contributed by atoms with Gasteiger partial charge in [0.15, 0.2) is 0 Å². The molecule has 0 radical (unpaired) electrons. The van der Waals surface area contributed by atoms with Crippen LogP contribution in [-0.2, 0) is 0 Å². The van der Waals surface area contributed by atoms with E-state index in [2.05, 4.69) is 46.4 Å². The minimum Gasteiger partial charge on any atom is -0.390 e. The number of hydrogen-bond acceptors (Lipinski definition) is 2. The SMILES string of the molecule is C=C1CC/C(=C/C=C2\CCCC3(C)C2CCC3C(C)CCCC(O)(CC)CC)CC1O. The zero-order valence-electron chi connectivity index (χ0n) is 20.8. The molecule has 0 aromatic heterocycles. The second kappa shape index (κ2) is 10.4. The van der Waals surface area contributed by atoms with Crippen molar-refractivity contribution in [2.45, 2.75) is 123 Å². The highest BCUT2D eigenvalue weighted by molar-refractivity contribution is 5.28. The summed E-state index contributed by atoms with van der Waals surface area (Å²) in [6.07, 6.45) is 18.9. The molecule has 0 spiro atoms. The number of hydrogen-bond donors (Lipinski definition) is 2. The predicted octanol–water partition coefficient (Wildman–Crippen LogP) is 7.51. The van der Waals surface area contributed by atoms with Gasteiger partial charge in [0.25, 0.3) is 0 Å². The fraction of sp³-hybridized carbons (Fsp3) is 0.793. The molecule has 0 aliphatic heterocycles. The maximum Gasteiger partial charge on any atom is 0.0784 e. The summed E-state index contributed by atoms with van der Waals surface area (Å²) in [7, 11) is 0. The van der Waals surface area contributed by atoms with Crippen LogP contribution in [0.2, 0.25) is 0 Å². The third kappa shape index (κ3) is 5.56. The Balaban J connectivity index is 1.63. The second-order valence-corrected chi connectivity index (χ2v) is 11.3. The van der Waals surface area contributed by atoms with Crippen molar-refractivity contribution >= 4 is 0 Å². The summed E-state index contributed by atoms with van der Waals surface area (Å²) in [6, 6.07) is 0. The predicted molar refractivity (Wildman–Crippen MR) is 132 cm³/mol. The van der Waals surface area contributed by atoms with Crippen LogP contribution >= 0.6 is 0 Å². The minimum absolute atomic E-state index is 0.343. The Morgan fingerprint density at radius 2 is 1.90 bits per heavy atom. The Bertz CT molecular complexity index is 683. The molecule has 0 saturated heterocycles. The Labute approximate surface area is 191 Å². The van der Waals surface area contributed by atoms with Crippen LogP contribution in [-0.4, -0.2) is 21.9 Å². The number of rotatable bonds is 8. The third-order valence-electron chi connectivity index (χ3n) is 9.57. The normalized spacial score (nSPS) is 35.5. The topological polar surface area (TPSA) is 40.5 Å². The van der Waals surface area contributed by atoms with Crippen molar-refractivity contribution in [1.82, 2.24) is 0 Å². The van der Waals surface area contributed by atoms with Gasteiger partial charge in [-0.25, -0.2) is 0 Å². The van der Waals surface area contributed by atoms with E-state index in [0.717, 1.165) is 68.3 Å². The quantitative estimate of drug-likeness (QED) is 0.393. The van der Waals surface area contributed by atoms with Gasteiger partial charge in [0.05, 0.1) is 11.7 Å². The highest BCUT2D eigenvalue weighted by Crippen LogP contribution is 2.60. The Hall–Kier alpha value is -0.860. The molecule has 2 nitrogen and oxygen atoms in total. The molecular weight excluding hydrogens is 380 g/mol. The molecule has 5 atom stereocenters. The molecule has 0 bridgehead atoms. The number of fused-ring (bicyclic) bond motifs is 1. The van der Waals surface area contributed by atoms with Crippen LogP contribution in [0.4, 0.5) is 0 Å². The van der Waals surface area contributed by atoms with Crippen molar-refractivity contribution < 1.29 is 10.2 Å². The van der Waals surface area contributed by atoms with E-state index in [1.807, 2.05) is 0 Å². The molecule has 0 aromatic carbocycles. The lowest BCUT2D eigenvalue weighted by molar-refractivity contribution is 0.0178.